The fraction of sp³-hybridized carbons (Fsp3) is 0.440. The maximum absolute atomic E-state index is 13.5. The first-order chi connectivity index (χ1) is 16.1. The largest absolute Gasteiger partial charge is 0.358 e. The van der Waals surface area contributed by atoms with Crippen molar-refractivity contribution < 1.29 is 14.4 Å². The van der Waals surface area contributed by atoms with Crippen molar-refractivity contribution in [2.24, 2.45) is 0 Å². The number of anilines is 3. The molecule has 2 aromatic rings. The van der Waals surface area contributed by atoms with Crippen molar-refractivity contribution in [3.05, 3.63) is 48.3 Å². The normalized spacial score (nSPS) is 20.2. The maximum atomic E-state index is 13.5. The summed E-state index contributed by atoms with van der Waals surface area (Å²) in [6, 6.07) is 8.85. The van der Waals surface area contributed by atoms with Crippen molar-refractivity contribution in [3.8, 4) is 0 Å². The molecule has 172 valence electrons. The smallest absolute Gasteiger partial charge is 0.253 e. The highest BCUT2D eigenvalue weighted by Crippen LogP contribution is 2.40. The molecular formula is C25H29N5O3. The first-order valence-electron chi connectivity index (χ1n) is 11.8. The van der Waals surface area contributed by atoms with E-state index in [1.807, 2.05) is 17.0 Å². The number of fused-ring (bicyclic) bond motifs is 3. The van der Waals surface area contributed by atoms with Crippen LogP contribution in [0.25, 0.3) is 0 Å². The lowest BCUT2D eigenvalue weighted by atomic mass is 9.95. The Morgan fingerprint density at radius 1 is 1.00 bits per heavy atom. The van der Waals surface area contributed by atoms with Crippen LogP contribution >= 0.6 is 0 Å². The number of likely N-dealkylation sites (tertiary alicyclic amines) is 1. The number of pyridine rings is 1. The third-order valence-electron chi connectivity index (χ3n) is 6.77. The lowest BCUT2D eigenvalue weighted by molar-refractivity contribution is -0.123. The number of carbonyl (C=O) groups is 3. The Labute approximate surface area is 193 Å². The predicted octanol–water partition coefficient (Wildman–Crippen LogP) is 3.05. The molecule has 2 saturated heterocycles. The summed E-state index contributed by atoms with van der Waals surface area (Å²) in [5.41, 5.74) is 2.71. The number of carbonyl (C=O) groups excluding carboxylic acids is 3. The van der Waals surface area contributed by atoms with Crippen LogP contribution in [-0.4, -0.2) is 59.8 Å². The minimum Gasteiger partial charge on any atom is -0.358 e. The fourth-order valence-electron chi connectivity index (χ4n) is 5.11. The lowest BCUT2D eigenvalue weighted by Gasteiger charge is -2.45. The van der Waals surface area contributed by atoms with Crippen LogP contribution in [0.2, 0.25) is 0 Å². The number of amides is 3. The number of hydrogen-bond donors (Lipinski definition) is 1. The zero-order valence-electron chi connectivity index (χ0n) is 18.7. The molecule has 4 heterocycles. The summed E-state index contributed by atoms with van der Waals surface area (Å²) in [7, 11) is 0. The number of benzene rings is 1. The molecule has 1 N–H and O–H groups in total. The summed E-state index contributed by atoms with van der Waals surface area (Å²) in [4.78, 5) is 49.1. The van der Waals surface area contributed by atoms with Gasteiger partial charge in [-0.2, -0.15) is 0 Å². The molecule has 1 atom stereocenters. The van der Waals surface area contributed by atoms with E-state index in [0.29, 0.717) is 16.9 Å². The van der Waals surface area contributed by atoms with Crippen molar-refractivity contribution >= 4 is 34.8 Å². The van der Waals surface area contributed by atoms with Crippen LogP contribution in [0.4, 0.5) is 17.1 Å². The maximum Gasteiger partial charge on any atom is 0.253 e. The van der Waals surface area contributed by atoms with E-state index in [-0.39, 0.29) is 30.3 Å². The van der Waals surface area contributed by atoms with Crippen LogP contribution < -0.4 is 15.1 Å². The molecule has 5 rings (SSSR count). The molecule has 3 amide bonds. The van der Waals surface area contributed by atoms with Crippen LogP contribution in [-0.2, 0) is 9.59 Å². The van der Waals surface area contributed by atoms with Gasteiger partial charge in [-0.15, -0.1) is 0 Å². The van der Waals surface area contributed by atoms with Crippen LogP contribution in [0.15, 0.2) is 42.7 Å². The number of nitrogens with zero attached hydrogens (tertiary/aromatic N) is 4. The van der Waals surface area contributed by atoms with Gasteiger partial charge in [0, 0.05) is 31.4 Å². The first-order valence-corrected chi connectivity index (χ1v) is 11.8. The van der Waals surface area contributed by atoms with Gasteiger partial charge in [0.2, 0.25) is 11.8 Å². The highest BCUT2D eigenvalue weighted by Gasteiger charge is 2.40. The standard InChI is InChI=1S/C25H29N5O3/c31-23(27-19-7-6-11-26-16-19)17-30-22-15-18(24(32)28-12-3-1-4-13-28)9-10-20(22)29-14-5-2-8-21(29)25(30)33/h6-7,9-11,15-16,21H,1-5,8,12-14,17H2,(H,27,31)/t21-/m1/s1. The number of rotatable bonds is 4. The third kappa shape index (κ3) is 4.29. The van der Waals surface area contributed by atoms with Crippen molar-refractivity contribution in [1.82, 2.24) is 9.88 Å². The van der Waals surface area contributed by atoms with Gasteiger partial charge in [-0.05, 0) is 68.9 Å². The Kier molecular flexibility index (Phi) is 5.98. The van der Waals surface area contributed by atoms with E-state index in [0.717, 1.165) is 63.8 Å². The molecule has 0 saturated carbocycles. The molecule has 0 bridgehead atoms. The molecule has 3 aliphatic heterocycles. The highest BCUT2D eigenvalue weighted by atomic mass is 16.2. The van der Waals surface area contributed by atoms with Crippen LogP contribution in [0.1, 0.15) is 48.9 Å². The number of hydrogen-bond acceptors (Lipinski definition) is 5. The van der Waals surface area contributed by atoms with Gasteiger partial charge in [0.15, 0.2) is 0 Å². The van der Waals surface area contributed by atoms with Crippen molar-refractivity contribution in [2.75, 3.05) is 41.3 Å². The topological polar surface area (TPSA) is 85.9 Å². The summed E-state index contributed by atoms with van der Waals surface area (Å²) in [6.45, 7) is 2.23. The van der Waals surface area contributed by atoms with Gasteiger partial charge >= 0.3 is 0 Å². The van der Waals surface area contributed by atoms with Crippen molar-refractivity contribution in [3.63, 3.8) is 0 Å². The molecule has 1 aromatic carbocycles. The minimum absolute atomic E-state index is 0.00882. The number of nitrogens with one attached hydrogen (secondary N) is 1. The van der Waals surface area contributed by atoms with E-state index in [2.05, 4.69) is 15.2 Å². The van der Waals surface area contributed by atoms with E-state index in [1.54, 1.807) is 35.5 Å². The van der Waals surface area contributed by atoms with Crippen LogP contribution in [0.5, 0.6) is 0 Å². The van der Waals surface area contributed by atoms with Crippen LogP contribution in [0.3, 0.4) is 0 Å². The zero-order chi connectivity index (χ0) is 22.8. The quantitative estimate of drug-likeness (QED) is 0.779. The van der Waals surface area contributed by atoms with E-state index < -0.39 is 0 Å². The molecular weight excluding hydrogens is 418 g/mol. The summed E-state index contributed by atoms with van der Waals surface area (Å²) in [5, 5.41) is 2.82. The van der Waals surface area contributed by atoms with Gasteiger partial charge in [0.1, 0.15) is 12.6 Å². The average molecular weight is 448 g/mol. The van der Waals surface area contributed by atoms with Gasteiger partial charge in [-0.1, -0.05) is 0 Å². The highest BCUT2D eigenvalue weighted by molar-refractivity contribution is 6.11. The Morgan fingerprint density at radius 2 is 1.82 bits per heavy atom. The second-order valence-electron chi connectivity index (χ2n) is 8.98. The second-order valence-corrected chi connectivity index (χ2v) is 8.98. The molecule has 0 unspecified atom stereocenters. The zero-order valence-corrected chi connectivity index (χ0v) is 18.7. The average Bonchev–Trinajstić information content (AvgIpc) is 2.87. The monoisotopic (exact) mass is 447 g/mol. The molecule has 8 heteroatoms. The van der Waals surface area contributed by atoms with Gasteiger partial charge in [-0.3, -0.25) is 24.3 Å². The third-order valence-corrected chi connectivity index (χ3v) is 6.77. The van der Waals surface area contributed by atoms with Gasteiger partial charge in [0.05, 0.1) is 23.3 Å². The molecule has 1 aromatic heterocycles. The summed E-state index contributed by atoms with van der Waals surface area (Å²) in [6.07, 6.45) is 9.19. The predicted molar refractivity (Wildman–Crippen MR) is 126 cm³/mol. The molecule has 0 aliphatic carbocycles. The molecule has 8 nitrogen and oxygen atoms in total. The minimum atomic E-state index is -0.292. The van der Waals surface area contributed by atoms with E-state index >= 15 is 0 Å². The molecule has 0 spiro atoms. The Bertz CT molecular complexity index is 1050. The number of aromatic nitrogens is 1. The van der Waals surface area contributed by atoms with E-state index in [1.165, 1.54) is 0 Å². The number of piperidine rings is 2. The molecule has 2 fully saturated rings. The summed E-state index contributed by atoms with van der Waals surface area (Å²) in [5.74, 6) is -0.379. The summed E-state index contributed by atoms with van der Waals surface area (Å²) >= 11 is 0. The van der Waals surface area contributed by atoms with Gasteiger partial charge < -0.3 is 15.1 Å². The molecule has 33 heavy (non-hydrogen) atoms. The lowest BCUT2D eigenvalue weighted by Crippen LogP contribution is -2.56. The van der Waals surface area contributed by atoms with Crippen molar-refractivity contribution in [2.45, 2.75) is 44.6 Å². The van der Waals surface area contributed by atoms with E-state index in [9.17, 15) is 14.4 Å². The van der Waals surface area contributed by atoms with Gasteiger partial charge in [-0.25, -0.2) is 0 Å². The van der Waals surface area contributed by atoms with E-state index in [4.69, 9.17) is 0 Å². The SMILES string of the molecule is O=C(CN1C(=O)[C@H]2CCCCN2c2ccc(C(=O)N3CCCCC3)cc21)Nc1cccnc1. The second kappa shape index (κ2) is 9.21. The Morgan fingerprint density at radius 3 is 2.61 bits per heavy atom. The van der Waals surface area contributed by atoms with Crippen molar-refractivity contribution in [1.29, 1.82) is 0 Å². The molecule has 0 radical (unpaired) electrons. The first kappa shape index (κ1) is 21.4. The van der Waals surface area contributed by atoms with Gasteiger partial charge in [0.25, 0.3) is 5.91 Å². The fourth-order valence-corrected chi connectivity index (χ4v) is 5.11. The Hall–Kier alpha value is -3.42. The Balaban J connectivity index is 1.45. The summed E-state index contributed by atoms with van der Waals surface area (Å²) < 4.78 is 0. The molecule has 3 aliphatic rings. The van der Waals surface area contributed by atoms with Crippen LogP contribution in [0, 0.1) is 0 Å².